The monoisotopic (exact) mass is 290 g/mol. The molecular weight excluding hydrogens is 270 g/mol. The van der Waals surface area contributed by atoms with Crippen LogP contribution in [0.5, 0.6) is 0 Å². The highest BCUT2D eigenvalue weighted by Gasteiger charge is 2.52. The number of rotatable bonds is 1. The van der Waals surface area contributed by atoms with Gasteiger partial charge in [-0.1, -0.05) is 6.07 Å². The zero-order valence-corrected chi connectivity index (χ0v) is 13.8. The summed E-state index contributed by atoms with van der Waals surface area (Å²) in [6.45, 7) is 8.27. The van der Waals surface area contributed by atoms with E-state index in [9.17, 15) is 0 Å². The first-order chi connectivity index (χ1) is 9.23. The second-order valence-corrected chi connectivity index (χ2v) is 6.94. The molecule has 0 aliphatic carbocycles. The van der Waals surface area contributed by atoms with Crippen LogP contribution in [0.4, 0.5) is 0 Å². The molecule has 0 N–H and O–H groups in total. The van der Waals surface area contributed by atoms with Crippen molar-refractivity contribution >= 4 is 38.0 Å². The Bertz CT molecular complexity index is 665. The Kier molecular flexibility index (Phi) is 3.02. The molecule has 106 valence electrons. The zero-order valence-electron chi connectivity index (χ0n) is 12.6. The molecule has 0 amide bonds. The number of nitrogens with zero attached hydrogens (tertiary/aromatic N) is 2. The molecule has 6 heteroatoms. The molecule has 2 heterocycles. The van der Waals surface area contributed by atoms with Crippen LogP contribution in [0.3, 0.4) is 0 Å². The van der Waals surface area contributed by atoms with E-state index in [4.69, 9.17) is 9.31 Å². The maximum absolute atomic E-state index is 6.12. The molecule has 1 aliphatic heterocycles. The molecule has 2 aromatic rings. The summed E-state index contributed by atoms with van der Waals surface area (Å²) in [5.74, 6) is 0. The summed E-state index contributed by atoms with van der Waals surface area (Å²) in [4.78, 5) is 0. The normalized spacial score (nSPS) is 20.8. The molecule has 4 nitrogen and oxygen atoms in total. The maximum Gasteiger partial charge on any atom is 0.495 e. The van der Waals surface area contributed by atoms with Crippen molar-refractivity contribution < 1.29 is 9.31 Å². The Labute approximate surface area is 122 Å². The molecule has 1 aromatic heterocycles. The minimum atomic E-state index is -0.336. The Balaban J connectivity index is 2.06. The molecule has 0 bridgehead atoms. The van der Waals surface area contributed by atoms with Gasteiger partial charge < -0.3 is 9.31 Å². The van der Waals surface area contributed by atoms with Crippen LogP contribution in [0.2, 0.25) is 0 Å². The van der Waals surface area contributed by atoms with Crippen molar-refractivity contribution in [3.05, 3.63) is 18.3 Å². The van der Waals surface area contributed by atoms with E-state index in [1.807, 2.05) is 17.9 Å². The van der Waals surface area contributed by atoms with Crippen LogP contribution in [0.15, 0.2) is 18.3 Å². The van der Waals surface area contributed by atoms with Gasteiger partial charge in [-0.25, -0.2) is 0 Å². The summed E-state index contributed by atoms with van der Waals surface area (Å²) in [5, 5.41) is 6.51. The fourth-order valence-corrected chi connectivity index (χ4v) is 2.90. The lowest BCUT2D eigenvalue weighted by Gasteiger charge is -2.32. The number of fused-ring (bicyclic) bond motifs is 1. The van der Waals surface area contributed by atoms with Crippen molar-refractivity contribution in [1.82, 2.24) is 9.78 Å². The topological polar surface area (TPSA) is 36.3 Å². The van der Waals surface area contributed by atoms with E-state index in [0.29, 0.717) is 0 Å². The fourth-order valence-electron chi connectivity index (χ4n) is 2.44. The van der Waals surface area contributed by atoms with Gasteiger partial charge in [0.2, 0.25) is 0 Å². The third-order valence-electron chi connectivity index (χ3n) is 4.51. The summed E-state index contributed by atoms with van der Waals surface area (Å²) >= 11 is 0. The highest BCUT2D eigenvalue weighted by Crippen LogP contribution is 2.36. The molecule has 1 aromatic carbocycles. The van der Waals surface area contributed by atoms with Crippen LogP contribution in [0.1, 0.15) is 27.7 Å². The number of benzene rings is 1. The molecule has 0 radical (unpaired) electrons. The number of aryl methyl sites for hydroxylation is 1. The van der Waals surface area contributed by atoms with Gasteiger partial charge in [-0.2, -0.15) is 5.10 Å². The van der Waals surface area contributed by atoms with Gasteiger partial charge in [0, 0.05) is 12.4 Å². The standard InChI is InChI=1S/C14H20BN2O2P/c1-13(2)14(3,4)19-15(18-13)10-6-7-11-9(12(10)20)8-16-17(11)5/h6-8H,20H2,1-5H3. The molecule has 1 unspecified atom stereocenters. The van der Waals surface area contributed by atoms with E-state index >= 15 is 0 Å². The van der Waals surface area contributed by atoms with Crippen LogP contribution in [0.25, 0.3) is 10.9 Å². The largest absolute Gasteiger partial charge is 0.495 e. The Morgan fingerprint density at radius 1 is 1.15 bits per heavy atom. The molecule has 1 saturated heterocycles. The summed E-state index contributed by atoms with van der Waals surface area (Å²) in [6.07, 6.45) is 1.88. The van der Waals surface area contributed by atoms with E-state index in [-0.39, 0.29) is 18.3 Å². The minimum Gasteiger partial charge on any atom is -0.399 e. The summed E-state index contributed by atoms with van der Waals surface area (Å²) in [5.41, 5.74) is 1.52. The number of hydrogen-bond acceptors (Lipinski definition) is 3. The molecule has 1 atom stereocenters. The van der Waals surface area contributed by atoms with Crippen LogP contribution in [0, 0.1) is 0 Å². The molecule has 0 saturated carbocycles. The van der Waals surface area contributed by atoms with Crippen LogP contribution in [-0.2, 0) is 16.4 Å². The highest BCUT2D eigenvalue weighted by molar-refractivity contribution is 7.29. The van der Waals surface area contributed by atoms with Gasteiger partial charge in [-0.05, 0) is 44.5 Å². The summed E-state index contributed by atoms with van der Waals surface area (Å²) < 4.78 is 14.1. The summed E-state index contributed by atoms with van der Waals surface area (Å²) in [7, 11) is 4.41. The zero-order chi connectivity index (χ0) is 14.7. The lowest BCUT2D eigenvalue weighted by atomic mass is 9.78. The van der Waals surface area contributed by atoms with Crippen molar-refractivity contribution in [2.75, 3.05) is 0 Å². The van der Waals surface area contributed by atoms with Crippen molar-refractivity contribution in [2.45, 2.75) is 38.9 Å². The molecule has 3 rings (SSSR count). The Morgan fingerprint density at radius 2 is 1.75 bits per heavy atom. The lowest BCUT2D eigenvalue weighted by Crippen LogP contribution is -2.41. The fraction of sp³-hybridized carbons (Fsp3) is 0.500. The van der Waals surface area contributed by atoms with Gasteiger partial charge in [0.05, 0.1) is 22.9 Å². The first-order valence-corrected chi connectivity index (χ1v) is 7.36. The first kappa shape index (κ1) is 14.1. The second kappa shape index (κ2) is 4.30. The second-order valence-electron chi connectivity index (χ2n) is 6.36. The highest BCUT2D eigenvalue weighted by atomic mass is 31.0. The molecule has 0 spiro atoms. The van der Waals surface area contributed by atoms with Gasteiger partial charge in [0.25, 0.3) is 0 Å². The number of aromatic nitrogens is 2. The smallest absolute Gasteiger partial charge is 0.399 e. The van der Waals surface area contributed by atoms with E-state index in [1.165, 1.54) is 0 Å². The molecule has 20 heavy (non-hydrogen) atoms. The maximum atomic E-state index is 6.12. The molecule has 1 aliphatic rings. The van der Waals surface area contributed by atoms with Gasteiger partial charge in [0.15, 0.2) is 0 Å². The van der Waals surface area contributed by atoms with Crippen molar-refractivity contribution in [3.8, 4) is 0 Å². The van der Waals surface area contributed by atoms with Gasteiger partial charge in [0.1, 0.15) is 0 Å². The minimum absolute atomic E-state index is 0.321. The van der Waals surface area contributed by atoms with Gasteiger partial charge in [-0.15, -0.1) is 9.24 Å². The average molecular weight is 290 g/mol. The average Bonchev–Trinajstić information content (AvgIpc) is 2.79. The predicted octanol–water partition coefficient (Wildman–Crippen LogP) is 1.37. The Hall–Kier alpha value is -0.895. The summed E-state index contributed by atoms with van der Waals surface area (Å²) in [6, 6.07) is 4.13. The first-order valence-electron chi connectivity index (χ1n) is 6.79. The third kappa shape index (κ3) is 1.92. The van der Waals surface area contributed by atoms with E-state index in [2.05, 4.69) is 54.2 Å². The van der Waals surface area contributed by atoms with E-state index in [1.54, 1.807) is 0 Å². The lowest BCUT2D eigenvalue weighted by molar-refractivity contribution is 0.00578. The third-order valence-corrected chi connectivity index (χ3v) is 5.16. The number of hydrogen-bond donors (Lipinski definition) is 0. The van der Waals surface area contributed by atoms with Crippen molar-refractivity contribution in [2.24, 2.45) is 7.05 Å². The predicted molar refractivity (Wildman–Crippen MR) is 85.8 cm³/mol. The van der Waals surface area contributed by atoms with Crippen molar-refractivity contribution in [1.29, 1.82) is 0 Å². The van der Waals surface area contributed by atoms with Crippen LogP contribution < -0.4 is 10.8 Å². The van der Waals surface area contributed by atoms with Crippen molar-refractivity contribution in [3.63, 3.8) is 0 Å². The quantitative estimate of drug-likeness (QED) is 0.588. The van der Waals surface area contributed by atoms with Crippen LogP contribution in [-0.4, -0.2) is 28.1 Å². The Morgan fingerprint density at radius 3 is 2.35 bits per heavy atom. The molecule has 1 fully saturated rings. The van der Waals surface area contributed by atoms with E-state index in [0.717, 1.165) is 21.7 Å². The van der Waals surface area contributed by atoms with Gasteiger partial charge in [-0.3, -0.25) is 4.68 Å². The SMILES string of the molecule is Cn1ncc2c(P)c(B3OC(C)(C)C(C)(C)O3)ccc21. The molecular formula is C14H20BN2O2P. The van der Waals surface area contributed by atoms with Gasteiger partial charge >= 0.3 is 7.12 Å². The van der Waals surface area contributed by atoms with E-state index < -0.39 is 0 Å². The van der Waals surface area contributed by atoms with Crippen LogP contribution >= 0.6 is 9.24 Å².